The molecule has 2 rings (SSSR count). The van der Waals surface area contributed by atoms with Gasteiger partial charge in [-0.3, -0.25) is 0 Å². The fourth-order valence-electron chi connectivity index (χ4n) is 1.10. The van der Waals surface area contributed by atoms with Gasteiger partial charge in [-0.05, 0) is 0 Å². The third-order valence-corrected chi connectivity index (χ3v) is 2.98. The summed E-state index contributed by atoms with van der Waals surface area (Å²) >= 11 is 20.3. The topological polar surface area (TPSA) is 25.8 Å². The van der Waals surface area contributed by atoms with Crippen LogP contribution in [0.5, 0.6) is 0 Å². The molecule has 1 aromatic heterocycles. The average Bonchev–Trinajstić information content (AvgIpc) is 2.07. The molecule has 0 aliphatic rings. The molecule has 2 radical (unpaired) electrons. The number of nitrogens with zero attached hydrogens (tertiary/aromatic N) is 2. The van der Waals surface area contributed by atoms with Crippen LogP contribution in [-0.2, 0) is 0 Å². The maximum Gasteiger partial charge on any atom is 0 e. The molecule has 1 aromatic carbocycles. The molecule has 72 valence electrons. The van der Waals surface area contributed by atoms with Gasteiger partial charge in [-0.1, -0.05) is 0 Å². The molecule has 2 nitrogen and oxygen atoms in total. The van der Waals surface area contributed by atoms with Crippen LogP contribution in [0.25, 0.3) is 10.9 Å². The van der Waals surface area contributed by atoms with Crippen LogP contribution in [0.15, 0.2) is 12.1 Å². The van der Waals surface area contributed by atoms with Gasteiger partial charge in [0, 0.05) is 29.6 Å². The predicted molar refractivity (Wildman–Crippen MR) is 65.7 cm³/mol. The maximum absolute atomic E-state index is 5.96. The summed E-state index contributed by atoms with van der Waals surface area (Å²) < 4.78 is 0.643. The molecule has 0 spiro atoms. The van der Waals surface area contributed by atoms with Crippen LogP contribution in [0.4, 0.5) is 0 Å². The van der Waals surface area contributed by atoms with Crippen LogP contribution in [-0.4, -0.2) is 55.5 Å². The second kappa shape index (κ2) is 5.52. The normalized spacial score (nSPS) is 10.1. The van der Waals surface area contributed by atoms with Gasteiger partial charge in [0.1, 0.15) is 0 Å². The van der Waals surface area contributed by atoms with Crippen molar-refractivity contribution in [1.29, 1.82) is 0 Å². The molecule has 0 fully saturated rings. The molecule has 0 aliphatic heterocycles. The van der Waals surface area contributed by atoms with E-state index in [1.54, 1.807) is 12.1 Å². The van der Waals surface area contributed by atoms with Crippen molar-refractivity contribution in [3.05, 3.63) is 27.5 Å². The van der Waals surface area contributed by atoms with Crippen molar-refractivity contribution >= 4 is 95.9 Å². The van der Waals surface area contributed by atoms with E-state index >= 15 is 0 Å². The molecule has 15 heavy (non-hydrogen) atoms. The zero-order chi connectivity index (χ0) is 10.3. The van der Waals surface area contributed by atoms with Crippen LogP contribution < -0.4 is 4.59 Å². The molecule has 0 saturated heterocycles. The van der Waals surface area contributed by atoms with Gasteiger partial charge in [-0.2, -0.15) is 0 Å². The first-order chi connectivity index (χ1) is 6.58. The van der Waals surface area contributed by atoms with Gasteiger partial charge in [0.05, 0.1) is 0 Å². The molecule has 0 aliphatic carbocycles. The molecular weight excluding hydrogens is 332 g/mol. The zero-order valence-corrected chi connectivity index (χ0v) is 13.6. The minimum atomic E-state index is 0. The Balaban J connectivity index is 0.00000112. The van der Waals surface area contributed by atoms with E-state index in [1.165, 1.54) is 0 Å². The van der Waals surface area contributed by atoms with Gasteiger partial charge in [0.2, 0.25) is 0 Å². The molecule has 0 unspecified atom stereocenters. The van der Waals surface area contributed by atoms with Crippen molar-refractivity contribution < 1.29 is 0 Å². The summed E-state index contributed by atoms with van der Waals surface area (Å²) in [6.45, 7) is 0. The average molecular weight is 334 g/mol. The summed E-state index contributed by atoms with van der Waals surface area (Å²) in [7, 11) is 0. The third-order valence-electron chi connectivity index (χ3n) is 1.66. The van der Waals surface area contributed by atoms with Crippen molar-refractivity contribution in [2.24, 2.45) is 0 Å². The van der Waals surface area contributed by atoms with E-state index in [0.29, 0.717) is 20.2 Å². The van der Waals surface area contributed by atoms with Gasteiger partial charge in [0.25, 0.3) is 0 Å². The first-order valence-corrected chi connectivity index (χ1v) is 5.56. The zero-order valence-electron chi connectivity index (χ0n) is 7.59. The van der Waals surface area contributed by atoms with E-state index in [4.69, 9.17) is 34.8 Å². The van der Waals surface area contributed by atoms with Crippen molar-refractivity contribution in [2.75, 3.05) is 0 Å². The summed E-state index contributed by atoms with van der Waals surface area (Å²) in [6, 6.07) is 3.36. The van der Waals surface area contributed by atoms with Crippen molar-refractivity contribution in [3.63, 3.8) is 0 Å². The summed E-state index contributed by atoms with van der Waals surface area (Å²) in [5.74, 6) is 0. The van der Waals surface area contributed by atoms with Gasteiger partial charge in [0.15, 0.2) is 0 Å². The van der Waals surface area contributed by atoms with E-state index in [-0.39, 0.29) is 34.8 Å². The molecule has 0 atom stereocenters. The Labute approximate surface area is 132 Å². The Hall–Kier alpha value is 0.949. The summed E-state index contributed by atoms with van der Waals surface area (Å²) in [4.78, 5) is 7.99. The fourth-order valence-corrected chi connectivity index (χ4v) is 2.43. The van der Waals surface area contributed by atoms with Crippen LogP contribution >= 0.6 is 34.8 Å². The van der Waals surface area contributed by atoms with E-state index in [1.807, 2.05) is 0 Å². The Morgan fingerprint density at radius 1 is 1.07 bits per heavy atom. The summed E-state index contributed by atoms with van der Waals surface area (Å²) in [5.41, 5.74) is 0.602. The van der Waals surface area contributed by atoms with Crippen molar-refractivity contribution in [1.82, 2.24) is 9.97 Å². The Morgan fingerprint density at radius 3 is 2.40 bits per heavy atom. The monoisotopic (exact) mass is 334 g/mol. The van der Waals surface area contributed by atoms with Crippen LogP contribution in [0.2, 0.25) is 15.3 Å². The molecule has 2 aromatic rings. The quantitative estimate of drug-likeness (QED) is 0.544. The summed E-state index contributed by atoms with van der Waals surface area (Å²) in [6.07, 6.45) is 0. The van der Waals surface area contributed by atoms with Gasteiger partial charge in [-0.25, -0.2) is 0 Å². The van der Waals surface area contributed by atoms with Gasteiger partial charge < -0.3 is 0 Å². The predicted octanol–water partition coefficient (Wildman–Crippen LogP) is 2.00. The van der Waals surface area contributed by atoms with Crippen molar-refractivity contribution in [3.8, 4) is 0 Å². The molecule has 0 bridgehead atoms. The second-order valence-electron chi connectivity index (χ2n) is 2.58. The Bertz CT molecular complexity index is 473. The standard InChI is InChI=1S/C8H2Cl3N2Se.Na/c9-3-1-4-6(5(10)2-3)12-8(11)13-7(4)14;/h1-2H;. The second-order valence-corrected chi connectivity index (χ2v) is 4.57. The largest absolute Gasteiger partial charge is 0 e. The summed E-state index contributed by atoms with van der Waals surface area (Å²) in [5, 5.41) is 1.94. The first-order valence-electron chi connectivity index (χ1n) is 3.57. The first kappa shape index (κ1) is 14.0. The molecule has 7 heteroatoms. The van der Waals surface area contributed by atoms with Crippen LogP contribution in [0.1, 0.15) is 0 Å². The van der Waals surface area contributed by atoms with Crippen LogP contribution in [0, 0.1) is 0 Å². The van der Waals surface area contributed by atoms with Crippen molar-refractivity contribution in [2.45, 2.75) is 0 Å². The van der Waals surface area contributed by atoms with E-state index < -0.39 is 0 Å². The molecular formula is C8H2Cl3N2NaSe. The fraction of sp³-hybridized carbons (Fsp3) is 0. The van der Waals surface area contributed by atoms with E-state index in [0.717, 1.165) is 5.39 Å². The molecule has 1 heterocycles. The van der Waals surface area contributed by atoms with Crippen LogP contribution in [0.3, 0.4) is 0 Å². The van der Waals surface area contributed by atoms with Gasteiger partial charge in [-0.15, -0.1) is 0 Å². The number of fused-ring (bicyclic) bond motifs is 1. The Kier molecular flexibility index (Phi) is 5.16. The SMILES string of the molecule is Clc1cc(Cl)c2nc(Cl)nc([Se])c2c1.[Na]. The number of rotatable bonds is 0. The van der Waals surface area contributed by atoms with E-state index in [9.17, 15) is 0 Å². The smallest absolute Gasteiger partial charge is 0 e. The van der Waals surface area contributed by atoms with E-state index in [2.05, 4.69) is 26.0 Å². The maximum atomic E-state index is 5.96. The molecule has 0 amide bonds. The number of aromatic nitrogens is 2. The Morgan fingerprint density at radius 2 is 1.73 bits per heavy atom. The molecule has 0 saturated carbocycles. The minimum Gasteiger partial charge on any atom is 0 e. The minimum absolute atomic E-state index is 0. The number of halogens is 3. The van der Waals surface area contributed by atoms with Gasteiger partial charge >= 0.3 is 104 Å². The molecule has 0 N–H and O–H groups in total. The third kappa shape index (κ3) is 2.99. The number of hydrogen-bond acceptors (Lipinski definition) is 2. The number of hydrogen-bond donors (Lipinski definition) is 0. The number of benzene rings is 1.